The number of nitrogens with one attached hydrogen (secondary N) is 1. The van der Waals surface area contributed by atoms with Crippen LogP contribution in [0.3, 0.4) is 0 Å². The summed E-state index contributed by atoms with van der Waals surface area (Å²) in [7, 11) is 0. The third-order valence-electron chi connectivity index (χ3n) is 7.15. The summed E-state index contributed by atoms with van der Waals surface area (Å²) in [6, 6.07) is 21.9. The molecule has 0 bridgehead atoms. The van der Waals surface area contributed by atoms with Crippen molar-refractivity contribution in [1.29, 1.82) is 0 Å². The second-order valence-corrected chi connectivity index (χ2v) is 9.90. The summed E-state index contributed by atoms with van der Waals surface area (Å²) in [6.07, 6.45) is 0.469. The molecule has 1 fully saturated rings. The Morgan fingerprint density at radius 2 is 1.85 bits per heavy atom. The summed E-state index contributed by atoms with van der Waals surface area (Å²) < 4.78 is 6.08. The summed E-state index contributed by atoms with van der Waals surface area (Å²) in [6.45, 7) is 2.12. The highest BCUT2D eigenvalue weighted by atomic mass is 16.4. The second kappa shape index (κ2) is 9.75. The van der Waals surface area contributed by atoms with Crippen LogP contribution in [0.25, 0.3) is 33.2 Å². The van der Waals surface area contributed by atoms with E-state index >= 15 is 0 Å². The van der Waals surface area contributed by atoms with Gasteiger partial charge >= 0.3 is 5.97 Å². The number of carbonyl (C=O) groups excluding carboxylic acids is 1. The van der Waals surface area contributed by atoms with Crippen LogP contribution in [0.1, 0.15) is 18.7 Å². The van der Waals surface area contributed by atoms with Crippen LogP contribution in [-0.4, -0.2) is 39.5 Å². The standard InChI is InChI=1S/C30H27N5O4/c1-17-32-27-22-9-5-6-10-25(22)39-28(27)29(33-17)35-16-18(13-24(35)30(37)38)14-26(36)34-20-11-12-21(23(31)15-20)19-7-3-2-4-8-19/h2-12,15,18,24H,13-14,16,31H2,1H3,(H,34,36)(H,37,38)/t18-,24+/m1/s1. The van der Waals surface area contributed by atoms with Gasteiger partial charge in [0.05, 0.1) is 0 Å². The fourth-order valence-electron chi connectivity index (χ4n) is 5.41. The third kappa shape index (κ3) is 4.63. The Bertz CT molecular complexity index is 1720. The van der Waals surface area contributed by atoms with E-state index in [1.807, 2.05) is 66.7 Å². The number of para-hydroxylation sites is 1. The van der Waals surface area contributed by atoms with E-state index < -0.39 is 12.0 Å². The number of carboxylic acids is 1. The number of rotatable bonds is 6. The molecule has 3 heterocycles. The number of hydrogen-bond donors (Lipinski definition) is 3. The molecule has 3 aromatic carbocycles. The smallest absolute Gasteiger partial charge is 0.326 e. The van der Waals surface area contributed by atoms with Crippen molar-refractivity contribution in [2.75, 3.05) is 22.5 Å². The number of aliphatic carboxylic acids is 1. The molecule has 0 aliphatic carbocycles. The number of benzene rings is 3. The lowest BCUT2D eigenvalue weighted by atomic mass is 10.0. The lowest BCUT2D eigenvalue weighted by Crippen LogP contribution is -2.36. The Kier molecular flexibility index (Phi) is 6.11. The fraction of sp³-hybridized carbons (Fsp3) is 0.200. The third-order valence-corrected chi connectivity index (χ3v) is 7.15. The molecular weight excluding hydrogens is 494 g/mol. The van der Waals surface area contributed by atoms with Crippen LogP contribution in [0.15, 0.2) is 77.2 Å². The normalized spacial score (nSPS) is 17.1. The summed E-state index contributed by atoms with van der Waals surface area (Å²) >= 11 is 0. The van der Waals surface area contributed by atoms with Gasteiger partial charge < -0.3 is 25.5 Å². The Morgan fingerprint density at radius 3 is 2.62 bits per heavy atom. The van der Waals surface area contributed by atoms with E-state index in [2.05, 4.69) is 15.3 Å². The van der Waals surface area contributed by atoms with Gasteiger partial charge in [-0.05, 0) is 49.1 Å². The Morgan fingerprint density at radius 1 is 1.08 bits per heavy atom. The topological polar surface area (TPSA) is 135 Å². The van der Waals surface area contributed by atoms with Crippen LogP contribution in [0.4, 0.5) is 17.2 Å². The molecule has 2 aromatic heterocycles. The number of carbonyl (C=O) groups is 2. The summed E-state index contributed by atoms with van der Waals surface area (Å²) in [5.74, 6) is -0.408. The molecule has 196 valence electrons. The van der Waals surface area contributed by atoms with Crippen molar-refractivity contribution in [2.45, 2.75) is 25.8 Å². The number of amides is 1. The number of anilines is 3. The molecule has 0 radical (unpaired) electrons. The van der Waals surface area contributed by atoms with E-state index in [0.29, 0.717) is 52.7 Å². The molecular formula is C30H27N5O4. The largest absolute Gasteiger partial charge is 0.480 e. The van der Waals surface area contributed by atoms with Crippen molar-refractivity contribution in [3.63, 3.8) is 0 Å². The van der Waals surface area contributed by atoms with Gasteiger partial charge in [-0.3, -0.25) is 4.79 Å². The molecule has 2 atom stereocenters. The lowest BCUT2D eigenvalue weighted by molar-refractivity contribution is -0.138. The van der Waals surface area contributed by atoms with Crippen molar-refractivity contribution >= 4 is 51.1 Å². The first-order chi connectivity index (χ1) is 18.9. The van der Waals surface area contributed by atoms with Gasteiger partial charge in [0, 0.05) is 35.3 Å². The quantitative estimate of drug-likeness (QED) is 0.258. The Labute approximate surface area is 224 Å². The highest BCUT2D eigenvalue weighted by molar-refractivity contribution is 6.06. The van der Waals surface area contributed by atoms with Crippen molar-refractivity contribution < 1.29 is 19.1 Å². The fourth-order valence-corrected chi connectivity index (χ4v) is 5.41. The number of carboxylic acid groups (broad SMARTS) is 1. The number of nitrogen functional groups attached to an aromatic ring is 1. The van der Waals surface area contributed by atoms with Gasteiger partial charge in [0.15, 0.2) is 11.4 Å². The average Bonchev–Trinajstić information content (AvgIpc) is 3.50. The van der Waals surface area contributed by atoms with Gasteiger partial charge in [0.1, 0.15) is 23.0 Å². The zero-order valence-electron chi connectivity index (χ0n) is 21.3. The number of furan rings is 1. The Hall–Kier alpha value is -4.92. The summed E-state index contributed by atoms with van der Waals surface area (Å²) in [5.41, 5.74) is 11.1. The van der Waals surface area contributed by atoms with Crippen LogP contribution in [0, 0.1) is 12.8 Å². The molecule has 1 saturated heterocycles. The van der Waals surface area contributed by atoms with Crippen LogP contribution in [-0.2, 0) is 9.59 Å². The molecule has 1 amide bonds. The molecule has 39 heavy (non-hydrogen) atoms. The Balaban J connectivity index is 1.22. The molecule has 4 N–H and O–H groups in total. The van der Waals surface area contributed by atoms with E-state index in [-0.39, 0.29) is 18.2 Å². The average molecular weight is 522 g/mol. The minimum atomic E-state index is -0.970. The van der Waals surface area contributed by atoms with E-state index in [1.165, 1.54) is 0 Å². The maximum absolute atomic E-state index is 13.0. The van der Waals surface area contributed by atoms with Gasteiger partial charge in [-0.2, -0.15) is 0 Å². The van der Waals surface area contributed by atoms with E-state index in [9.17, 15) is 14.7 Å². The van der Waals surface area contributed by atoms with E-state index in [4.69, 9.17) is 10.2 Å². The van der Waals surface area contributed by atoms with Crippen LogP contribution in [0.5, 0.6) is 0 Å². The highest BCUT2D eigenvalue weighted by Gasteiger charge is 2.40. The van der Waals surface area contributed by atoms with Gasteiger partial charge in [-0.15, -0.1) is 0 Å². The SMILES string of the molecule is Cc1nc(N2C[C@@H](CC(=O)Nc3ccc(-c4ccccc4)c(N)c3)C[C@H]2C(=O)O)c2oc3ccccc3c2n1. The maximum Gasteiger partial charge on any atom is 0.326 e. The molecule has 1 aliphatic rings. The minimum absolute atomic E-state index is 0.161. The number of aromatic nitrogens is 2. The van der Waals surface area contributed by atoms with Crippen molar-refractivity contribution in [3.05, 3.63) is 78.6 Å². The van der Waals surface area contributed by atoms with Gasteiger partial charge in [-0.1, -0.05) is 48.5 Å². The number of nitrogens with zero attached hydrogens (tertiary/aromatic N) is 3. The number of hydrogen-bond acceptors (Lipinski definition) is 7. The van der Waals surface area contributed by atoms with Crippen molar-refractivity contribution in [2.24, 2.45) is 5.92 Å². The molecule has 5 aromatic rings. The molecule has 9 heteroatoms. The van der Waals surface area contributed by atoms with Crippen LogP contribution >= 0.6 is 0 Å². The molecule has 0 unspecified atom stereocenters. The number of aryl methyl sites for hydroxylation is 1. The molecule has 0 spiro atoms. The van der Waals surface area contributed by atoms with Crippen LogP contribution < -0.4 is 16.0 Å². The number of fused-ring (bicyclic) bond motifs is 3. The molecule has 0 saturated carbocycles. The van der Waals surface area contributed by atoms with Gasteiger partial charge in [-0.25, -0.2) is 14.8 Å². The maximum atomic E-state index is 13.0. The zero-order chi connectivity index (χ0) is 27.1. The molecule has 9 nitrogen and oxygen atoms in total. The first-order valence-electron chi connectivity index (χ1n) is 12.8. The molecule has 6 rings (SSSR count). The van der Waals surface area contributed by atoms with Gasteiger partial charge in [0.25, 0.3) is 0 Å². The minimum Gasteiger partial charge on any atom is -0.480 e. The van der Waals surface area contributed by atoms with E-state index in [1.54, 1.807) is 17.9 Å². The predicted molar refractivity (Wildman–Crippen MR) is 150 cm³/mol. The van der Waals surface area contributed by atoms with Crippen LogP contribution in [0.2, 0.25) is 0 Å². The van der Waals surface area contributed by atoms with Gasteiger partial charge in [0.2, 0.25) is 5.91 Å². The summed E-state index contributed by atoms with van der Waals surface area (Å²) in [4.78, 5) is 36.1. The highest BCUT2D eigenvalue weighted by Crippen LogP contribution is 2.38. The van der Waals surface area contributed by atoms with Crippen molar-refractivity contribution in [3.8, 4) is 11.1 Å². The second-order valence-electron chi connectivity index (χ2n) is 9.90. The van der Waals surface area contributed by atoms with E-state index in [0.717, 1.165) is 16.5 Å². The lowest BCUT2D eigenvalue weighted by Gasteiger charge is -2.22. The molecule has 1 aliphatic heterocycles. The summed E-state index contributed by atoms with van der Waals surface area (Å²) in [5, 5.41) is 13.8. The first-order valence-corrected chi connectivity index (χ1v) is 12.8. The van der Waals surface area contributed by atoms with Crippen molar-refractivity contribution in [1.82, 2.24) is 9.97 Å². The zero-order valence-corrected chi connectivity index (χ0v) is 21.3. The first kappa shape index (κ1) is 24.4. The predicted octanol–water partition coefficient (Wildman–Crippen LogP) is 5.24. The monoisotopic (exact) mass is 521 g/mol. The number of nitrogens with two attached hydrogens (primary N) is 1.